The molecule has 0 unspecified atom stereocenters. The number of piperidine rings is 1. The maximum atomic E-state index is 11.1. The Morgan fingerprint density at radius 1 is 1.31 bits per heavy atom. The first-order chi connectivity index (χ1) is 7.77. The van der Waals surface area contributed by atoms with Crippen LogP contribution in [0.2, 0.25) is 0 Å². The number of hydrogen-bond donors (Lipinski definition) is 2. The number of hydrogen-bond acceptors (Lipinski definition) is 2. The molecule has 86 valence electrons. The van der Waals surface area contributed by atoms with Gasteiger partial charge in [-0.15, -0.1) is 0 Å². The topological polar surface area (TPSA) is 49.3 Å². The van der Waals surface area contributed by atoms with E-state index in [1.807, 2.05) is 12.1 Å². The quantitative estimate of drug-likeness (QED) is 0.816. The van der Waals surface area contributed by atoms with Crippen molar-refractivity contribution in [2.75, 3.05) is 13.1 Å². The van der Waals surface area contributed by atoms with Crippen molar-refractivity contribution >= 4 is 5.97 Å². The van der Waals surface area contributed by atoms with E-state index in [0.29, 0.717) is 11.5 Å². The number of carboxylic acids is 1. The van der Waals surface area contributed by atoms with E-state index >= 15 is 0 Å². The van der Waals surface area contributed by atoms with Gasteiger partial charge >= 0.3 is 5.97 Å². The Kier molecular flexibility index (Phi) is 3.57. The highest BCUT2D eigenvalue weighted by Crippen LogP contribution is 2.20. The predicted molar refractivity (Wildman–Crippen MR) is 62.7 cm³/mol. The Balaban J connectivity index is 2.10. The second-order valence-corrected chi connectivity index (χ2v) is 4.36. The second-order valence-electron chi connectivity index (χ2n) is 4.36. The van der Waals surface area contributed by atoms with Crippen LogP contribution >= 0.6 is 0 Å². The van der Waals surface area contributed by atoms with Crippen molar-refractivity contribution in [1.29, 1.82) is 0 Å². The van der Waals surface area contributed by atoms with Crippen LogP contribution in [0, 0.1) is 5.92 Å². The number of benzene rings is 1. The summed E-state index contributed by atoms with van der Waals surface area (Å²) in [7, 11) is 0. The largest absolute Gasteiger partial charge is 0.478 e. The van der Waals surface area contributed by atoms with Gasteiger partial charge in [0, 0.05) is 0 Å². The highest BCUT2D eigenvalue weighted by atomic mass is 16.4. The zero-order chi connectivity index (χ0) is 11.4. The van der Waals surface area contributed by atoms with E-state index in [0.717, 1.165) is 37.9 Å². The summed E-state index contributed by atoms with van der Waals surface area (Å²) in [6.07, 6.45) is 3.19. The predicted octanol–water partition coefficient (Wildman–Crippen LogP) is 1.93. The lowest BCUT2D eigenvalue weighted by Gasteiger charge is -2.23. The molecule has 2 N–H and O–H groups in total. The van der Waals surface area contributed by atoms with Crippen LogP contribution in [0.1, 0.15) is 28.8 Å². The van der Waals surface area contributed by atoms with Crippen LogP contribution in [0.15, 0.2) is 24.3 Å². The van der Waals surface area contributed by atoms with E-state index in [4.69, 9.17) is 5.11 Å². The third-order valence-electron chi connectivity index (χ3n) is 3.22. The maximum Gasteiger partial charge on any atom is 0.335 e. The van der Waals surface area contributed by atoms with Crippen molar-refractivity contribution in [3.8, 4) is 0 Å². The summed E-state index contributed by atoms with van der Waals surface area (Å²) in [6.45, 7) is 2.11. The van der Waals surface area contributed by atoms with Crippen molar-refractivity contribution in [3.63, 3.8) is 0 Å². The van der Waals surface area contributed by atoms with Crippen LogP contribution in [-0.2, 0) is 6.42 Å². The highest BCUT2D eigenvalue weighted by Gasteiger charge is 2.16. The summed E-state index contributed by atoms with van der Waals surface area (Å²) < 4.78 is 0. The third-order valence-corrected chi connectivity index (χ3v) is 3.22. The molecular formula is C13H17NO2. The molecule has 0 spiro atoms. The Bertz CT molecular complexity index is 370. The molecule has 0 bridgehead atoms. The molecule has 16 heavy (non-hydrogen) atoms. The average Bonchev–Trinajstić information content (AvgIpc) is 2.31. The van der Waals surface area contributed by atoms with E-state index in [1.165, 1.54) is 0 Å². The minimum atomic E-state index is -0.815. The monoisotopic (exact) mass is 219 g/mol. The number of carbonyl (C=O) groups is 1. The van der Waals surface area contributed by atoms with Crippen molar-refractivity contribution in [2.24, 2.45) is 5.92 Å². The summed E-state index contributed by atoms with van der Waals surface area (Å²) in [4.78, 5) is 11.1. The van der Waals surface area contributed by atoms with Crippen LogP contribution in [0.3, 0.4) is 0 Å². The smallest absolute Gasteiger partial charge is 0.335 e. The first-order valence-corrected chi connectivity index (χ1v) is 5.79. The zero-order valence-electron chi connectivity index (χ0n) is 9.28. The average molecular weight is 219 g/mol. The van der Waals surface area contributed by atoms with Gasteiger partial charge in [-0.3, -0.25) is 0 Å². The molecule has 0 saturated carbocycles. The number of rotatable bonds is 3. The van der Waals surface area contributed by atoms with Crippen LogP contribution in [0.4, 0.5) is 0 Å². The summed E-state index contributed by atoms with van der Waals surface area (Å²) in [6, 6.07) is 7.34. The molecule has 1 aliphatic heterocycles. The van der Waals surface area contributed by atoms with Crippen LogP contribution in [0.5, 0.6) is 0 Å². The molecule has 1 aliphatic rings. The molecule has 1 aromatic rings. The molecule has 1 fully saturated rings. The standard InChI is InChI=1S/C13H17NO2/c15-13(16)12-4-2-1-3-11(12)9-10-5-7-14-8-6-10/h1-4,10,14H,5-9H2,(H,15,16). The maximum absolute atomic E-state index is 11.1. The molecule has 3 heteroatoms. The lowest BCUT2D eigenvalue weighted by Crippen LogP contribution is -2.29. The van der Waals surface area contributed by atoms with E-state index < -0.39 is 5.97 Å². The molecule has 3 nitrogen and oxygen atoms in total. The molecule has 0 aliphatic carbocycles. The van der Waals surface area contributed by atoms with Crippen LogP contribution < -0.4 is 5.32 Å². The molecular weight excluding hydrogens is 202 g/mol. The third kappa shape index (κ3) is 2.61. The van der Waals surface area contributed by atoms with Gasteiger partial charge in [0.25, 0.3) is 0 Å². The summed E-state index contributed by atoms with van der Waals surface area (Å²) >= 11 is 0. The van der Waals surface area contributed by atoms with Gasteiger partial charge in [0.1, 0.15) is 0 Å². The highest BCUT2D eigenvalue weighted by molar-refractivity contribution is 5.89. The normalized spacial score (nSPS) is 17.2. The van der Waals surface area contributed by atoms with Crippen molar-refractivity contribution in [1.82, 2.24) is 5.32 Å². The molecule has 0 aromatic heterocycles. The molecule has 1 aromatic carbocycles. The van der Waals surface area contributed by atoms with Gasteiger partial charge in [0.05, 0.1) is 5.56 Å². The van der Waals surface area contributed by atoms with Gasteiger partial charge in [-0.2, -0.15) is 0 Å². The number of carboxylic acid groups (broad SMARTS) is 1. The summed E-state index contributed by atoms with van der Waals surface area (Å²) in [5, 5.41) is 12.4. The Morgan fingerprint density at radius 3 is 2.69 bits per heavy atom. The first kappa shape index (κ1) is 11.1. The zero-order valence-corrected chi connectivity index (χ0v) is 9.28. The minimum Gasteiger partial charge on any atom is -0.478 e. The summed E-state index contributed by atoms with van der Waals surface area (Å²) in [5.41, 5.74) is 1.43. The lowest BCUT2D eigenvalue weighted by atomic mass is 9.89. The Labute approximate surface area is 95.5 Å². The van der Waals surface area contributed by atoms with Gasteiger partial charge in [0.15, 0.2) is 0 Å². The molecule has 0 amide bonds. The second kappa shape index (κ2) is 5.12. The van der Waals surface area contributed by atoms with Gasteiger partial charge in [0.2, 0.25) is 0 Å². The number of aromatic carboxylic acids is 1. The number of nitrogens with one attached hydrogen (secondary N) is 1. The Morgan fingerprint density at radius 2 is 2.00 bits per heavy atom. The Hall–Kier alpha value is -1.35. The molecule has 0 radical (unpaired) electrons. The van der Waals surface area contributed by atoms with Crippen molar-refractivity contribution in [2.45, 2.75) is 19.3 Å². The molecule has 1 heterocycles. The fourth-order valence-electron chi connectivity index (χ4n) is 2.30. The van der Waals surface area contributed by atoms with E-state index in [-0.39, 0.29) is 0 Å². The van der Waals surface area contributed by atoms with Gasteiger partial charge in [-0.1, -0.05) is 18.2 Å². The van der Waals surface area contributed by atoms with Crippen molar-refractivity contribution in [3.05, 3.63) is 35.4 Å². The fraction of sp³-hybridized carbons (Fsp3) is 0.462. The van der Waals surface area contributed by atoms with Crippen LogP contribution in [0.25, 0.3) is 0 Å². The SMILES string of the molecule is O=C(O)c1ccccc1CC1CCNCC1. The van der Waals surface area contributed by atoms with Gasteiger partial charge in [-0.05, 0) is 49.9 Å². The summed E-state index contributed by atoms with van der Waals surface area (Å²) in [5.74, 6) is -0.189. The van der Waals surface area contributed by atoms with E-state index in [1.54, 1.807) is 12.1 Å². The minimum absolute atomic E-state index is 0.459. The van der Waals surface area contributed by atoms with Crippen molar-refractivity contribution < 1.29 is 9.90 Å². The lowest BCUT2D eigenvalue weighted by molar-refractivity contribution is 0.0695. The van der Waals surface area contributed by atoms with E-state index in [2.05, 4.69) is 5.32 Å². The first-order valence-electron chi connectivity index (χ1n) is 5.79. The van der Waals surface area contributed by atoms with Crippen LogP contribution in [-0.4, -0.2) is 24.2 Å². The fourth-order valence-corrected chi connectivity index (χ4v) is 2.30. The van der Waals surface area contributed by atoms with E-state index in [9.17, 15) is 4.79 Å². The van der Waals surface area contributed by atoms with Gasteiger partial charge < -0.3 is 10.4 Å². The molecule has 2 rings (SSSR count). The molecule has 0 atom stereocenters. The van der Waals surface area contributed by atoms with Gasteiger partial charge in [-0.25, -0.2) is 4.79 Å². The molecule has 1 saturated heterocycles.